The zero-order valence-electron chi connectivity index (χ0n) is 14.8. The molecule has 0 aliphatic carbocycles. The number of nitrogens with one attached hydrogen (secondary N) is 4. The van der Waals surface area contributed by atoms with Crippen molar-refractivity contribution in [3.63, 3.8) is 0 Å². The Labute approximate surface area is 166 Å². The lowest BCUT2D eigenvalue weighted by atomic mass is 10.2. The second-order valence-electron chi connectivity index (χ2n) is 5.81. The Hall–Kier alpha value is -2.87. The summed E-state index contributed by atoms with van der Waals surface area (Å²) in [7, 11) is 0. The summed E-state index contributed by atoms with van der Waals surface area (Å²) in [5, 5.41) is 10.3. The maximum Gasteiger partial charge on any atom is 0.315 e. The van der Waals surface area contributed by atoms with Gasteiger partial charge in [0.2, 0.25) is 11.8 Å². The van der Waals surface area contributed by atoms with Crippen molar-refractivity contribution < 1.29 is 14.4 Å². The van der Waals surface area contributed by atoms with Gasteiger partial charge in [-0.15, -0.1) is 0 Å². The molecule has 7 nitrogen and oxygen atoms in total. The third kappa shape index (κ3) is 7.49. The maximum absolute atomic E-state index is 11.9. The van der Waals surface area contributed by atoms with Crippen LogP contribution in [-0.4, -0.2) is 30.9 Å². The Kier molecular flexibility index (Phi) is 7.81. The van der Waals surface area contributed by atoms with Crippen molar-refractivity contribution in [2.45, 2.75) is 13.5 Å². The van der Waals surface area contributed by atoms with Crippen molar-refractivity contribution in [2.24, 2.45) is 0 Å². The van der Waals surface area contributed by atoms with Crippen molar-refractivity contribution in [3.05, 3.63) is 64.1 Å². The number of carbonyl (C=O) groups excluding carboxylic acids is 3. The van der Waals surface area contributed by atoms with Gasteiger partial charge >= 0.3 is 6.03 Å². The number of benzene rings is 2. The molecule has 2 aromatic carbocycles. The van der Waals surface area contributed by atoms with Crippen LogP contribution >= 0.6 is 15.9 Å². The van der Waals surface area contributed by atoms with Crippen LogP contribution < -0.4 is 21.3 Å². The molecule has 27 heavy (non-hydrogen) atoms. The number of halogens is 1. The molecule has 0 fully saturated rings. The normalized spacial score (nSPS) is 10.0. The van der Waals surface area contributed by atoms with Gasteiger partial charge in [-0.2, -0.15) is 0 Å². The molecule has 2 rings (SSSR count). The van der Waals surface area contributed by atoms with Crippen molar-refractivity contribution >= 4 is 39.5 Å². The summed E-state index contributed by atoms with van der Waals surface area (Å²) < 4.78 is 0.919. The predicted octanol–water partition coefficient (Wildman–Crippen LogP) is 2.31. The Morgan fingerprint density at radius 1 is 0.889 bits per heavy atom. The molecule has 2 aromatic rings. The molecule has 0 unspecified atom stereocenters. The zero-order chi connectivity index (χ0) is 19.6. The third-order valence-corrected chi connectivity index (χ3v) is 4.11. The molecule has 0 aliphatic rings. The molecule has 0 saturated heterocycles. The number of carbonyl (C=O) groups is 3. The summed E-state index contributed by atoms with van der Waals surface area (Å²) in [6, 6.07) is 14.4. The first-order valence-electron chi connectivity index (χ1n) is 8.32. The highest BCUT2D eigenvalue weighted by atomic mass is 79.9. The molecular formula is C19H21BrN4O3. The van der Waals surface area contributed by atoms with E-state index < -0.39 is 11.9 Å². The molecule has 0 radical (unpaired) electrons. The van der Waals surface area contributed by atoms with Crippen LogP contribution in [0.5, 0.6) is 0 Å². The average molecular weight is 433 g/mol. The number of anilines is 1. The Morgan fingerprint density at radius 3 is 2.30 bits per heavy atom. The monoisotopic (exact) mass is 432 g/mol. The van der Waals surface area contributed by atoms with Crippen LogP contribution in [0.3, 0.4) is 0 Å². The molecule has 0 aliphatic heterocycles. The van der Waals surface area contributed by atoms with Crippen molar-refractivity contribution in [1.82, 2.24) is 16.0 Å². The smallest absolute Gasteiger partial charge is 0.315 e. The number of amides is 4. The summed E-state index contributed by atoms with van der Waals surface area (Å²) in [6.07, 6.45) is 0. The third-order valence-electron chi connectivity index (χ3n) is 3.61. The Balaban J connectivity index is 1.65. The van der Waals surface area contributed by atoms with Gasteiger partial charge in [-0.1, -0.05) is 46.3 Å². The highest BCUT2D eigenvalue weighted by molar-refractivity contribution is 9.10. The Bertz CT molecular complexity index is 812. The van der Waals surface area contributed by atoms with Gasteiger partial charge in [0.1, 0.15) is 0 Å². The lowest BCUT2D eigenvalue weighted by molar-refractivity contribution is -0.123. The van der Waals surface area contributed by atoms with Gasteiger partial charge in [0, 0.05) is 16.7 Å². The lowest BCUT2D eigenvalue weighted by Gasteiger charge is -2.10. The standard InChI is InChI=1S/C19H21BrN4O3/c1-13-9-15(20)7-8-16(13)24-18(26)12-21-17(25)11-23-19(27)22-10-14-5-3-2-4-6-14/h2-9H,10-12H2,1H3,(H,21,25)(H,24,26)(H2,22,23,27). The molecule has 0 bridgehead atoms. The molecule has 0 atom stereocenters. The van der Waals surface area contributed by atoms with Gasteiger partial charge in [0.05, 0.1) is 13.1 Å². The number of aryl methyl sites for hydroxylation is 1. The van der Waals surface area contributed by atoms with E-state index in [-0.39, 0.29) is 19.0 Å². The first-order valence-corrected chi connectivity index (χ1v) is 9.11. The lowest BCUT2D eigenvalue weighted by Crippen LogP contribution is -2.43. The van der Waals surface area contributed by atoms with Gasteiger partial charge in [0.15, 0.2) is 0 Å². The van der Waals surface area contributed by atoms with E-state index in [1.165, 1.54) is 0 Å². The number of hydrogen-bond acceptors (Lipinski definition) is 3. The van der Waals surface area contributed by atoms with Gasteiger partial charge in [0.25, 0.3) is 0 Å². The molecule has 0 heterocycles. The molecule has 4 N–H and O–H groups in total. The predicted molar refractivity (Wildman–Crippen MR) is 107 cm³/mol. The summed E-state index contributed by atoms with van der Waals surface area (Å²) >= 11 is 3.36. The quantitative estimate of drug-likeness (QED) is 0.539. The minimum Gasteiger partial charge on any atom is -0.345 e. The summed E-state index contributed by atoms with van der Waals surface area (Å²) in [5.41, 5.74) is 2.54. The second kappa shape index (κ2) is 10.3. The number of hydrogen-bond donors (Lipinski definition) is 4. The Morgan fingerprint density at radius 2 is 1.59 bits per heavy atom. The largest absolute Gasteiger partial charge is 0.345 e. The highest BCUT2D eigenvalue weighted by Crippen LogP contribution is 2.19. The molecule has 0 spiro atoms. The van der Waals surface area contributed by atoms with E-state index in [4.69, 9.17) is 0 Å². The summed E-state index contributed by atoms with van der Waals surface area (Å²) in [6.45, 7) is 1.84. The van der Waals surface area contributed by atoms with Crippen LogP contribution in [0.4, 0.5) is 10.5 Å². The van der Waals surface area contributed by atoms with E-state index in [1.807, 2.05) is 49.4 Å². The van der Waals surface area contributed by atoms with E-state index in [1.54, 1.807) is 6.07 Å². The van der Waals surface area contributed by atoms with Gasteiger partial charge in [-0.25, -0.2) is 4.79 Å². The fraction of sp³-hybridized carbons (Fsp3) is 0.211. The van der Waals surface area contributed by atoms with E-state index in [2.05, 4.69) is 37.2 Å². The highest BCUT2D eigenvalue weighted by Gasteiger charge is 2.09. The number of urea groups is 1. The van der Waals surface area contributed by atoms with Crippen LogP contribution in [0, 0.1) is 6.92 Å². The van der Waals surface area contributed by atoms with E-state index in [9.17, 15) is 14.4 Å². The van der Waals surface area contributed by atoms with Crippen LogP contribution in [0.25, 0.3) is 0 Å². The topological polar surface area (TPSA) is 99.3 Å². The summed E-state index contributed by atoms with van der Waals surface area (Å²) in [4.78, 5) is 35.3. The van der Waals surface area contributed by atoms with Crippen LogP contribution in [0.1, 0.15) is 11.1 Å². The average Bonchev–Trinajstić information content (AvgIpc) is 2.66. The fourth-order valence-electron chi connectivity index (χ4n) is 2.20. The fourth-order valence-corrected chi connectivity index (χ4v) is 2.68. The maximum atomic E-state index is 11.9. The van der Waals surface area contributed by atoms with Crippen molar-refractivity contribution in [1.29, 1.82) is 0 Å². The number of rotatable bonds is 7. The SMILES string of the molecule is Cc1cc(Br)ccc1NC(=O)CNC(=O)CNC(=O)NCc1ccccc1. The van der Waals surface area contributed by atoms with Gasteiger partial charge < -0.3 is 21.3 Å². The molecule has 0 saturated carbocycles. The van der Waals surface area contributed by atoms with Crippen LogP contribution in [0.15, 0.2) is 53.0 Å². The van der Waals surface area contributed by atoms with E-state index >= 15 is 0 Å². The second-order valence-corrected chi connectivity index (χ2v) is 6.72. The molecular weight excluding hydrogens is 412 g/mol. The zero-order valence-corrected chi connectivity index (χ0v) is 16.4. The minimum atomic E-state index is -0.455. The van der Waals surface area contributed by atoms with Gasteiger partial charge in [-0.3, -0.25) is 9.59 Å². The minimum absolute atomic E-state index is 0.179. The molecule has 4 amide bonds. The van der Waals surface area contributed by atoms with Gasteiger partial charge in [-0.05, 0) is 36.2 Å². The first kappa shape index (κ1) is 20.4. The van der Waals surface area contributed by atoms with E-state index in [0.717, 1.165) is 15.6 Å². The first-order chi connectivity index (χ1) is 12.9. The van der Waals surface area contributed by atoms with E-state index in [0.29, 0.717) is 12.2 Å². The molecule has 8 heteroatoms. The molecule has 0 aromatic heterocycles. The van der Waals surface area contributed by atoms with Crippen LogP contribution in [0.2, 0.25) is 0 Å². The van der Waals surface area contributed by atoms with Crippen LogP contribution in [-0.2, 0) is 16.1 Å². The molecule has 142 valence electrons. The van der Waals surface area contributed by atoms with Crippen molar-refractivity contribution in [3.8, 4) is 0 Å². The summed E-state index contributed by atoms with van der Waals surface area (Å²) in [5.74, 6) is -0.796. The van der Waals surface area contributed by atoms with Crippen molar-refractivity contribution in [2.75, 3.05) is 18.4 Å².